The van der Waals surface area contributed by atoms with Gasteiger partial charge < -0.3 is 9.30 Å². The van der Waals surface area contributed by atoms with Crippen molar-refractivity contribution in [2.45, 2.75) is 25.0 Å². The van der Waals surface area contributed by atoms with Gasteiger partial charge in [0, 0.05) is 50.4 Å². The highest BCUT2D eigenvalue weighted by Crippen LogP contribution is 2.39. The zero-order valence-electron chi connectivity index (χ0n) is 17.9. The van der Waals surface area contributed by atoms with E-state index in [1.54, 1.807) is 29.8 Å². The Kier molecular flexibility index (Phi) is 5.07. The van der Waals surface area contributed by atoms with Crippen LogP contribution in [0.3, 0.4) is 0 Å². The van der Waals surface area contributed by atoms with Crippen LogP contribution in [-0.4, -0.2) is 45.1 Å². The van der Waals surface area contributed by atoms with Crippen molar-refractivity contribution < 1.29 is 19.5 Å². The maximum atomic E-state index is 13.0. The molecule has 1 atom stereocenters. The summed E-state index contributed by atoms with van der Waals surface area (Å²) in [6.07, 6.45) is 3.90. The van der Waals surface area contributed by atoms with Crippen molar-refractivity contribution in [2.24, 2.45) is 7.05 Å². The van der Waals surface area contributed by atoms with Crippen molar-refractivity contribution in [1.82, 2.24) is 14.9 Å². The maximum Gasteiger partial charge on any atom is 0.267 e. The maximum absolute atomic E-state index is 13.0. The first kappa shape index (κ1) is 20.5. The number of aromatic nitrogens is 1. The van der Waals surface area contributed by atoms with Crippen LogP contribution in [0.5, 0.6) is 5.75 Å². The first-order valence-corrected chi connectivity index (χ1v) is 10.7. The second-order valence-corrected chi connectivity index (χ2v) is 8.66. The first-order chi connectivity index (χ1) is 15.5. The smallest absolute Gasteiger partial charge is 0.267 e. The van der Waals surface area contributed by atoms with Crippen LogP contribution in [0, 0.1) is 0 Å². The molecule has 0 aliphatic carbocycles. The number of carbonyl (C=O) groups excluding carboxylic acids is 2. The van der Waals surface area contributed by atoms with E-state index in [0.29, 0.717) is 29.8 Å². The number of nitrogens with zero attached hydrogens (tertiary/aromatic N) is 2. The van der Waals surface area contributed by atoms with E-state index >= 15 is 0 Å². The van der Waals surface area contributed by atoms with Gasteiger partial charge in [0.1, 0.15) is 11.4 Å². The Morgan fingerprint density at radius 3 is 2.91 bits per heavy atom. The molecule has 2 aliphatic heterocycles. The van der Waals surface area contributed by atoms with Gasteiger partial charge >= 0.3 is 0 Å². The molecule has 2 aromatic carbocycles. The molecule has 3 aromatic rings. The number of fused-ring (bicyclic) bond motifs is 2. The molecule has 7 heteroatoms. The Morgan fingerprint density at radius 2 is 2.09 bits per heavy atom. The molecule has 7 nitrogen and oxygen atoms in total. The Labute approximate surface area is 185 Å². The molecular formula is C25H25N3O4. The third-order valence-electron chi connectivity index (χ3n) is 6.48. The fourth-order valence-electron chi connectivity index (χ4n) is 4.84. The minimum Gasteiger partial charge on any atom is -0.485 e. The van der Waals surface area contributed by atoms with Crippen LogP contribution in [0.4, 0.5) is 0 Å². The molecule has 164 valence electrons. The number of likely N-dealkylation sites (tertiary alicyclic amines) is 1. The fraction of sp³-hybridized carbons (Fsp3) is 0.280. The number of ether oxygens (including phenoxy) is 1. The van der Waals surface area contributed by atoms with Crippen LogP contribution in [0.25, 0.3) is 17.0 Å². The van der Waals surface area contributed by atoms with Crippen molar-refractivity contribution in [3.8, 4) is 5.75 Å². The van der Waals surface area contributed by atoms with Gasteiger partial charge in [-0.2, -0.15) is 0 Å². The number of aryl methyl sites for hydroxylation is 1. The SMILES string of the molecule is Cn1c(CN2CCC3(CC(=O)c4cc(/C=C/C(=O)NO)ccc4O3)C2)cc2ccccc21. The van der Waals surface area contributed by atoms with Crippen LogP contribution < -0.4 is 10.2 Å². The van der Waals surface area contributed by atoms with Gasteiger partial charge in [-0.1, -0.05) is 24.3 Å². The van der Waals surface area contributed by atoms with Gasteiger partial charge in [0.25, 0.3) is 5.91 Å². The number of hydroxylamine groups is 1. The number of nitrogens with one attached hydrogen (secondary N) is 1. The molecule has 5 rings (SSSR count). The monoisotopic (exact) mass is 431 g/mol. The average molecular weight is 431 g/mol. The number of hydrogen-bond acceptors (Lipinski definition) is 5. The minimum atomic E-state index is -0.624. The number of ketones is 1. The second kappa shape index (κ2) is 7.93. The average Bonchev–Trinajstić information content (AvgIpc) is 3.32. The highest BCUT2D eigenvalue weighted by Gasteiger charge is 2.45. The topological polar surface area (TPSA) is 83.8 Å². The van der Waals surface area contributed by atoms with Gasteiger partial charge in [-0.3, -0.25) is 19.7 Å². The van der Waals surface area contributed by atoms with E-state index in [-0.39, 0.29) is 5.78 Å². The number of para-hydroxylation sites is 1. The molecule has 0 bridgehead atoms. The molecule has 1 fully saturated rings. The lowest BCUT2D eigenvalue weighted by molar-refractivity contribution is -0.124. The molecule has 0 radical (unpaired) electrons. The van der Waals surface area contributed by atoms with Gasteiger partial charge in [0.15, 0.2) is 5.78 Å². The summed E-state index contributed by atoms with van der Waals surface area (Å²) in [5, 5.41) is 9.84. The molecule has 2 aliphatic rings. The largest absolute Gasteiger partial charge is 0.485 e. The summed E-state index contributed by atoms with van der Waals surface area (Å²) in [5.74, 6) is 0.0254. The predicted octanol–water partition coefficient (Wildman–Crippen LogP) is 3.31. The lowest BCUT2D eigenvalue weighted by Gasteiger charge is -2.35. The van der Waals surface area contributed by atoms with Crippen molar-refractivity contribution in [1.29, 1.82) is 0 Å². The zero-order chi connectivity index (χ0) is 22.3. The molecule has 1 unspecified atom stereocenters. The molecule has 3 heterocycles. The number of amides is 1. The third kappa shape index (κ3) is 3.70. The zero-order valence-corrected chi connectivity index (χ0v) is 17.9. The van der Waals surface area contributed by atoms with Crippen LogP contribution >= 0.6 is 0 Å². The summed E-state index contributed by atoms with van der Waals surface area (Å²) < 4.78 is 8.63. The molecule has 1 amide bonds. The molecular weight excluding hydrogens is 406 g/mol. The fourth-order valence-corrected chi connectivity index (χ4v) is 4.84. The standard InChI is InChI=1S/C25H25N3O4/c1-27-19(13-18-4-2-3-5-21(18)27)15-28-11-10-25(16-28)14-22(29)20-12-17(6-8-23(20)32-25)7-9-24(30)26-31/h2-9,12-13,31H,10-11,14-16H2,1H3,(H,26,30)/b9-7+. The summed E-state index contributed by atoms with van der Waals surface area (Å²) in [5.41, 5.74) is 4.75. The van der Waals surface area contributed by atoms with Crippen LogP contribution in [0.15, 0.2) is 54.6 Å². The van der Waals surface area contributed by atoms with Gasteiger partial charge in [-0.25, -0.2) is 5.48 Å². The molecule has 1 aromatic heterocycles. The van der Waals surface area contributed by atoms with E-state index in [4.69, 9.17) is 9.94 Å². The highest BCUT2D eigenvalue weighted by atomic mass is 16.5. The number of carbonyl (C=O) groups is 2. The summed E-state index contributed by atoms with van der Waals surface area (Å²) in [7, 11) is 2.09. The third-order valence-corrected chi connectivity index (χ3v) is 6.48. The van der Waals surface area contributed by atoms with E-state index in [9.17, 15) is 9.59 Å². The normalized spacial score (nSPS) is 20.8. The Bertz CT molecular complexity index is 1250. The number of rotatable bonds is 4. The summed E-state index contributed by atoms with van der Waals surface area (Å²) >= 11 is 0. The summed E-state index contributed by atoms with van der Waals surface area (Å²) in [4.78, 5) is 26.5. The molecule has 0 saturated carbocycles. The highest BCUT2D eigenvalue weighted by molar-refractivity contribution is 6.01. The van der Waals surface area contributed by atoms with Crippen molar-refractivity contribution >= 4 is 28.7 Å². The van der Waals surface area contributed by atoms with E-state index in [2.05, 4.69) is 46.8 Å². The van der Waals surface area contributed by atoms with Gasteiger partial charge in [-0.15, -0.1) is 0 Å². The van der Waals surface area contributed by atoms with Crippen LogP contribution in [0.2, 0.25) is 0 Å². The lowest BCUT2D eigenvalue weighted by Crippen LogP contribution is -2.44. The molecule has 2 N–H and O–H groups in total. The van der Waals surface area contributed by atoms with Gasteiger partial charge in [0.05, 0.1) is 12.0 Å². The Hall–Kier alpha value is -3.42. The van der Waals surface area contributed by atoms with E-state index in [0.717, 1.165) is 19.5 Å². The number of benzene rings is 2. The quantitative estimate of drug-likeness (QED) is 0.376. The first-order valence-electron chi connectivity index (χ1n) is 10.7. The van der Waals surface area contributed by atoms with Gasteiger partial charge in [0.2, 0.25) is 0 Å². The number of Topliss-reactive ketones (excluding diaryl/α,β-unsaturated/α-hetero) is 1. The van der Waals surface area contributed by atoms with Crippen molar-refractivity contribution in [3.63, 3.8) is 0 Å². The van der Waals surface area contributed by atoms with Crippen LogP contribution in [0.1, 0.15) is 34.5 Å². The number of hydrogen-bond donors (Lipinski definition) is 2. The Balaban J connectivity index is 1.32. The molecule has 1 saturated heterocycles. The predicted molar refractivity (Wildman–Crippen MR) is 121 cm³/mol. The van der Waals surface area contributed by atoms with Crippen LogP contribution in [-0.2, 0) is 18.4 Å². The minimum absolute atomic E-state index is 0.0552. The molecule has 1 spiro atoms. The van der Waals surface area contributed by atoms with E-state index in [1.165, 1.54) is 22.7 Å². The summed E-state index contributed by atoms with van der Waals surface area (Å²) in [6, 6.07) is 15.9. The van der Waals surface area contributed by atoms with E-state index in [1.807, 2.05) is 0 Å². The second-order valence-electron chi connectivity index (χ2n) is 8.66. The van der Waals surface area contributed by atoms with Crippen molar-refractivity contribution in [2.75, 3.05) is 13.1 Å². The lowest BCUT2D eigenvalue weighted by atomic mass is 9.88. The van der Waals surface area contributed by atoms with Crippen molar-refractivity contribution in [3.05, 3.63) is 71.4 Å². The summed E-state index contributed by atoms with van der Waals surface area (Å²) in [6.45, 7) is 2.40. The molecule has 32 heavy (non-hydrogen) atoms. The Morgan fingerprint density at radius 1 is 1.25 bits per heavy atom. The van der Waals surface area contributed by atoms with E-state index < -0.39 is 11.5 Å². The van der Waals surface area contributed by atoms with Gasteiger partial charge in [-0.05, 0) is 41.3 Å².